The van der Waals surface area contributed by atoms with Gasteiger partial charge in [0.2, 0.25) is 5.91 Å². The molecule has 0 bridgehead atoms. The molecule has 0 spiro atoms. The Hall–Kier alpha value is -2.25. The lowest BCUT2D eigenvalue weighted by Crippen LogP contribution is -2.33. The molecular weight excluding hydrogens is 314 g/mol. The lowest BCUT2D eigenvalue weighted by Gasteiger charge is -2.13. The lowest BCUT2D eigenvalue weighted by atomic mass is 10.1. The number of carbonyl (C=O) groups is 2. The summed E-state index contributed by atoms with van der Waals surface area (Å²) in [5, 5.41) is 11.3. The van der Waals surface area contributed by atoms with Crippen molar-refractivity contribution >= 4 is 23.2 Å². The van der Waals surface area contributed by atoms with E-state index in [4.69, 9.17) is 10.8 Å². The Morgan fingerprint density at radius 2 is 2.04 bits per heavy atom. The second-order valence-electron chi connectivity index (χ2n) is 5.29. The zero-order valence-corrected chi connectivity index (χ0v) is 13.6. The molecule has 0 aliphatic carbocycles. The number of rotatable bonds is 7. The van der Waals surface area contributed by atoms with Crippen LogP contribution in [0.2, 0.25) is 0 Å². The summed E-state index contributed by atoms with van der Waals surface area (Å²) in [6.07, 6.45) is 0.763. The Labute approximate surface area is 138 Å². The molecule has 0 aliphatic rings. The van der Waals surface area contributed by atoms with Gasteiger partial charge in [0.25, 0.3) is 0 Å². The number of carboxylic acid groups (broad SMARTS) is 1. The fourth-order valence-corrected chi connectivity index (χ4v) is 2.93. The van der Waals surface area contributed by atoms with Crippen LogP contribution in [-0.2, 0) is 22.4 Å². The van der Waals surface area contributed by atoms with E-state index in [9.17, 15) is 9.59 Å². The van der Waals surface area contributed by atoms with E-state index in [1.54, 1.807) is 5.38 Å². The Bertz CT molecular complexity index is 672. The molecule has 0 aliphatic heterocycles. The van der Waals surface area contributed by atoms with Gasteiger partial charge in [0.1, 0.15) is 11.6 Å². The van der Waals surface area contributed by atoms with Crippen molar-refractivity contribution in [2.45, 2.75) is 18.9 Å². The maximum atomic E-state index is 11.9. The predicted octanol–water partition coefficient (Wildman–Crippen LogP) is 1.47. The maximum absolute atomic E-state index is 11.9. The molecule has 122 valence electrons. The Balaban J connectivity index is 1.94. The first kappa shape index (κ1) is 17.1. The average molecular weight is 333 g/mol. The number of aliphatic carboxylic acids is 1. The van der Waals surface area contributed by atoms with Crippen LogP contribution in [0.1, 0.15) is 22.3 Å². The highest BCUT2D eigenvalue weighted by Crippen LogP contribution is 2.20. The summed E-state index contributed by atoms with van der Waals surface area (Å²) < 4.78 is 0. The molecule has 1 aromatic heterocycles. The summed E-state index contributed by atoms with van der Waals surface area (Å²) in [5.74, 6) is -1.31. The second kappa shape index (κ2) is 7.85. The molecule has 3 N–H and O–H groups in total. The zero-order chi connectivity index (χ0) is 16.8. The van der Waals surface area contributed by atoms with E-state index in [1.165, 1.54) is 23.3 Å². The van der Waals surface area contributed by atoms with Crippen LogP contribution in [0.3, 0.4) is 0 Å². The monoisotopic (exact) mass is 333 g/mol. The van der Waals surface area contributed by atoms with Crippen molar-refractivity contribution in [2.75, 3.05) is 13.6 Å². The quantitative estimate of drug-likeness (QED) is 0.800. The van der Waals surface area contributed by atoms with E-state index in [-0.39, 0.29) is 24.9 Å². The summed E-state index contributed by atoms with van der Waals surface area (Å²) in [4.78, 5) is 28.1. The van der Waals surface area contributed by atoms with Gasteiger partial charge in [-0.25, -0.2) is 4.98 Å². The number of likely N-dealkylation sites (N-methyl/N-ethyl adjacent to an activating group) is 1. The van der Waals surface area contributed by atoms with Crippen molar-refractivity contribution in [3.8, 4) is 0 Å². The molecule has 0 radical (unpaired) electrons. The van der Waals surface area contributed by atoms with Crippen molar-refractivity contribution in [2.24, 2.45) is 5.73 Å². The molecule has 7 heteroatoms. The van der Waals surface area contributed by atoms with Gasteiger partial charge in [0.15, 0.2) is 0 Å². The number of nitrogens with two attached hydrogens (primary N) is 1. The molecule has 23 heavy (non-hydrogen) atoms. The minimum absolute atomic E-state index is 0.0817. The number of nitrogens with zero attached hydrogens (tertiary/aromatic N) is 2. The van der Waals surface area contributed by atoms with Gasteiger partial charge in [0.05, 0.1) is 18.2 Å². The second-order valence-corrected chi connectivity index (χ2v) is 6.18. The molecule has 0 saturated heterocycles. The number of hydrogen-bond donors (Lipinski definition) is 2. The van der Waals surface area contributed by atoms with Gasteiger partial charge < -0.3 is 15.7 Å². The highest BCUT2D eigenvalue weighted by Gasteiger charge is 2.16. The number of thiazole rings is 1. The third-order valence-electron chi connectivity index (χ3n) is 3.32. The summed E-state index contributed by atoms with van der Waals surface area (Å²) in [5.41, 5.74) is 7.93. The van der Waals surface area contributed by atoms with Crippen LogP contribution >= 0.6 is 11.3 Å². The SMILES string of the molecule is CN(CC(=O)O)C(=O)Cc1csc(C(N)Cc2ccccc2)n1. The molecule has 1 atom stereocenters. The standard InChI is InChI=1S/C16H19N3O3S/c1-19(9-15(21)22)14(20)8-12-10-23-16(18-12)13(17)7-11-5-3-2-4-6-11/h2-6,10,13H,7-9,17H2,1H3,(H,21,22). The van der Waals surface area contributed by atoms with Crippen LogP contribution in [0.15, 0.2) is 35.7 Å². The van der Waals surface area contributed by atoms with Gasteiger partial charge >= 0.3 is 5.97 Å². The van der Waals surface area contributed by atoms with E-state index < -0.39 is 5.97 Å². The first-order valence-electron chi connectivity index (χ1n) is 7.15. The Morgan fingerprint density at radius 1 is 1.35 bits per heavy atom. The van der Waals surface area contributed by atoms with E-state index in [0.29, 0.717) is 12.1 Å². The number of benzene rings is 1. The molecule has 1 amide bonds. The number of aromatic nitrogens is 1. The van der Waals surface area contributed by atoms with Crippen LogP contribution in [0, 0.1) is 0 Å². The Kier molecular flexibility index (Phi) is 5.84. The fourth-order valence-electron chi connectivity index (χ4n) is 2.11. The van der Waals surface area contributed by atoms with Crippen molar-refractivity contribution < 1.29 is 14.7 Å². The van der Waals surface area contributed by atoms with Crippen molar-refractivity contribution in [1.82, 2.24) is 9.88 Å². The van der Waals surface area contributed by atoms with Crippen LogP contribution in [0.25, 0.3) is 0 Å². The minimum Gasteiger partial charge on any atom is -0.480 e. The smallest absolute Gasteiger partial charge is 0.323 e. The Morgan fingerprint density at radius 3 is 2.70 bits per heavy atom. The first-order valence-corrected chi connectivity index (χ1v) is 8.03. The van der Waals surface area contributed by atoms with E-state index in [1.807, 2.05) is 30.3 Å². The molecule has 0 saturated carbocycles. The predicted molar refractivity (Wildman–Crippen MR) is 88.2 cm³/mol. The summed E-state index contributed by atoms with van der Waals surface area (Å²) >= 11 is 1.42. The zero-order valence-electron chi connectivity index (χ0n) is 12.8. The van der Waals surface area contributed by atoms with Gasteiger partial charge in [-0.15, -0.1) is 11.3 Å². The summed E-state index contributed by atoms with van der Waals surface area (Å²) in [6, 6.07) is 9.69. The maximum Gasteiger partial charge on any atom is 0.323 e. The summed E-state index contributed by atoms with van der Waals surface area (Å²) in [6.45, 7) is -0.316. The molecule has 1 aromatic carbocycles. The van der Waals surface area contributed by atoms with Crippen molar-refractivity contribution in [3.05, 3.63) is 52.0 Å². The molecule has 1 heterocycles. The van der Waals surface area contributed by atoms with Crippen LogP contribution in [0.4, 0.5) is 0 Å². The summed E-state index contributed by atoms with van der Waals surface area (Å²) in [7, 11) is 1.46. The number of carbonyl (C=O) groups excluding carboxylic acids is 1. The molecule has 6 nitrogen and oxygen atoms in total. The van der Waals surface area contributed by atoms with E-state index in [2.05, 4.69) is 4.98 Å². The molecule has 1 unspecified atom stereocenters. The van der Waals surface area contributed by atoms with Crippen molar-refractivity contribution in [1.29, 1.82) is 0 Å². The molecule has 2 aromatic rings. The molecular formula is C16H19N3O3S. The number of carboxylic acids is 1. The average Bonchev–Trinajstić information content (AvgIpc) is 2.96. The van der Waals surface area contributed by atoms with Gasteiger partial charge in [-0.05, 0) is 12.0 Å². The van der Waals surface area contributed by atoms with E-state index >= 15 is 0 Å². The normalized spacial score (nSPS) is 11.9. The fraction of sp³-hybridized carbons (Fsp3) is 0.312. The lowest BCUT2D eigenvalue weighted by molar-refractivity contribution is -0.143. The van der Waals surface area contributed by atoms with Crippen LogP contribution in [0.5, 0.6) is 0 Å². The number of hydrogen-bond acceptors (Lipinski definition) is 5. The third-order valence-corrected chi connectivity index (χ3v) is 4.34. The molecule has 0 fully saturated rings. The van der Waals surface area contributed by atoms with Crippen LogP contribution in [-0.4, -0.2) is 40.5 Å². The number of amides is 1. The van der Waals surface area contributed by atoms with Crippen LogP contribution < -0.4 is 5.73 Å². The first-order chi connectivity index (χ1) is 11.0. The van der Waals surface area contributed by atoms with E-state index in [0.717, 1.165) is 10.6 Å². The topological polar surface area (TPSA) is 96.5 Å². The minimum atomic E-state index is -1.04. The highest BCUT2D eigenvalue weighted by molar-refractivity contribution is 7.09. The van der Waals surface area contributed by atoms with Gasteiger partial charge in [0, 0.05) is 12.4 Å². The van der Waals surface area contributed by atoms with Crippen molar-refractivity contribution in [3.63, 3.8) is 0 Å². The van der Waals surface area contributed by atoms with Gasteiger partial charge in [-0.1, -0.05) is 30.3 Å². The highest BCUT2D eigenvalue weighted by atomic mass is 32.1. The third kappa shape index (κ3) is 5.15. The molecule has 2 rings (SSSR count). The van der Waals surface area contributed by atoms with Gasteiger partial charge in [-0.3, -0.25) is 9.59 Å². The largest absolute Gasteiger partial charge is 0.480 e. The van der Waals surface area contributed by atoms with Gasteiger partial charge in [-0.2, -0.15) is 0 Å².